The molecule has 1 amide bonds. The summed E-state index contributed by atoms with van der Waals surface area (Å²) in [6.07, 6.45) is 3.40. The second-order valence-electron chi connectivity index (χ2n) is 5.11. The minimum Gasteiger partial charge on any atom is -0.495 e. The summed E-state index contributed by atoms with van der Waals surface area (Å²) in [5, 5.41) is 3.30. The number of ether oxygens (including phenoxy) is 1. The number of benzene rings is 1. The third-order valence-electron chi connectivity index (χ3n) is 3.47. The smallest absolute Gasteiger partial charge is 0.293 e. The number of nitrogens with zero attached hydrogens (tertiary/aromatic N) is 1. The van der Waals surface area contributed by atoms with E-state index in [-0.39, 0.29) is 11.7 Å². The van der Waals surface area contributed by atoms with E-state index in [2.05, 4.69) is 5.32 Å². The molecule has 0 aliphatic rings. The Hall–Kier alpha value is -2.40. The Labute approximate surface area is 139 Å². The first kappa shape index (κ1) is 17.0. The van der Waals surface area contributed by atoms with Crippen LogP contribution in [-0.2, 0) is 4.79 Å². The van der Waals surface area contributed by atoms with Crippen LogP contribution in [0.4, 0.5) is 5.69 Å². The Morgan fingerprint density at radius 2 is 2.04 bits per heavy atom. The van der Waals surface area contributed by atoms with Gasteiger partial charge in [-0.25, -0.2) is 0 Å². The summed E-state index contributed by atoms with van der Waals surface area (Å²) in [6, 6.07) is 7.94. The van der Waals surface area contributed by atoms with Crippen molar-refractivity contribution >= 4 is 29.0 Å². The lowest BCUT2D eigenvalue weighted by molar-refractivity contribution is -0.705. The van der Waals surface area contributed by atoms with Gasteiger partial charge in [0.1, 0.15) is 5.75 Å². The van der Waals surface area contributed by atoms with Crippen LogP contribution in [-0.4, -0.2) is 18.8 Å². The van der Waals surface area contributed by atoms with Crippen molar-refractivity contribution in [2.45, 2.75) is 19.9 Å². The zero-order valence-corrected chi connectivity index (χ0v) is 13.9. The van der Waals surface area contributed by atoms with Crippen molar-refractivity contribution in [3.8, 4) is 5.75 Å². The maximum atomic E-state index is 12.5. The zero-order valence-electron chi connectivity index (χ0n) is 13.2. The number of pyridine rings is 1. The summed E-state index contributed by atoms with van der Waals surface area (Å²) in [6.45, 7) is 3.23. The van der Waals surface area contributed by atoms with Gasteiger partial charge in [0.2, 0.25) is 6.04 Å². The highest BCUT2D eigenvalue weighted by Crippen LogP contribution is 2.28. The average molecular weight is 334 g/mol. The van der Waals surface area contributed by atoms with Gasteiger partial charge >= 0.3 is 0 Å². The molecule has 1 heterocycles. The van der Waals surface area contributed by atoms with Crippen molar-refractivity contribution in [2.75, 3.05) is 12.4 Å². The molecule has 2 rings (SSSR count). The number of carbonyl (C=O) groups is 2. The first-order chi connectivity index (χ1) is 10.9. The summed E-state index contributed by atoms with van der Waals surface area (Å²) < 4.78 is 6.90. The van der Waals surface area contributed by atoms with Crippen molar-refractivity contribution in [3.63, 3.8) is 0 Å². The molecule has 1 aromatic heterocycles. The number of hydrogen-bond donors (Lipinski definition) is 1. The quantitative estimate of drug-likeness (QED) is 0.676. The molecule has 0 bridgehead atoms. The van der Waals surface area contributed by atoms with Crippen LogP contribution in [0, 0.1) is 0 Å². The molecular formula is C17H18ClN2O3+. The fourth-order valence-electron chi connectivity index (χ4n) is 2.09. The molecule has 0 unspecified atom stereocenters. The molecule has 0 spiro atoms. The fraction of sp³-hybridized carbons (Fsp3) is 0.235. The summed E-state index contributed by atoms with van der Waals surface area (Å²) in [4.78, 5) is 23.9. The van der Waals surface area contributed by atoms with Gasteiger partial charge in [-0.2, -0.15) is 4.57 Å². The first-order valence-corrected chi connectivity index (χ1v) is 7.46. The number of anilines is 1. The molecule has 0 saturated heterocycles. The van der Waals surface area contributed by atoms with Gasteiger partial charge in [0, 0.05) is 18.0 Å². The van der Waals surface area contributed by atoms with Gasteiger partial charge in [-0.05, 0) is 31.2 Å². The minimum absolute atomic E-state index is 0.0523. The molecule has 6 heteroatoms. The van der Waals surface area contributed by atoms with Gasteiger partial charge in [0.25, 0.3) is 5.91 Å². The van der Waals surface area contributed by atoms with Gasteiger partial charge < -0.3 is 10.1 Å². The molecule has 0 fully saturated rings. The van der Waals surface area contributed by atoms with E-state index in [9.17, 15) is 9.59 Å². The van der Waals surface area contributed by atoms with E-state index >= 15 is 0 Å². The second kappa shape index (κ2) is 7.24. The lowest BCUT2D eigenvalue weighted by atomic mass is 10.2. The summed E-state index contributed by atoms with van der Waals surface area (Å²) >= 11 is 5.96. The van der Waals surface area contributed by atoms with Crippen LogP contribution in [0.15, 0.2) is 42.7 Å². The van der Waals surface area contributed by atoms with Crippen molar-refractivity contribution in [1.29, 1.82) is 0 Å². The monoisotopic (exact) mass is 333 g/mol. The average Bonchev–Trinajstić information content (AvgIpc) is 2.54. The molecule has 2 aromatic rings. The SMILES string of the molecule is COc1ccc(Cl)cc1NC(=O)[C@H](C)[n+]1cccc(C(C)=O)c1. The van der Waals surface area contributed by atoms with E-state index in [0.717, 1.165) is 0 Å². The number of nitrogens with one attached hydrogen (secondary N) is 1. The highest BCUT2D eigenvalue weighted by molar-refractivity contribution is 6.31. The van der Waals surface area contributed by atoms with Crippen LogP contribution >= 0.6 is 11.6 Å². The standard InChI is InChI=1S/C17H17ClN2O3/c1-11(20-8-4-5-13(10-20)12(2)21)17(22)19-15-9-14(18)6-7-16(15)23-3/h4-11H,1-3H3/p+1/t11-/m0/s1. The number of methoxy groups -OCH3 is 1. The van der Waals surface area contributed by atoms with Crippen LogP contribution in [0.2, 0.25) is 5.02 Å². The molecule has 0 aliphatic heterocycles. The Balaban J connectivity index is 2.22. The Bertz CT molecular complexity index is 746. The number of carbonyl (C=O) groups excluding carboxylic acids is 2. The molecule has 1 N–H and O–H groups in total. The van der Waals surface area contributed by atoms with E-state index in [1.807, 2.05) is 0 Å². The van der Waals surface area contributed by atoms with Crippen molar-refractivity contribution in [2.24, 2.45) is 0 Å². The topological polar surface area (TPSA) is 59.3 Å². The van der Waals surface area contributed by atoms with E-state index in [4.69, 9.17) is 16.3 Å². The number of hydrogen-bond acceptors (Lipinski definition) is 3. The molecule has 5 nitrogen and oxygen atoms in total. The van der Waals surface area contributed by atoms with E-state index < -0.39 is 6.04 Å². The summed E-state index contributed by atoms with van der Waals surface area (Å²) in [5.74, 6) is 0.233. The van der Waals surface area contributed by atoms with Gasteiger partial charge in [-0.1, -0.05) is 11.6 Å². The predicted molar refractivity (Wildman–Crippen MR) is 88.0 cm³/mol. The van der Waals surface area contributed by atoms with Crippen LogP contribution in [0.3, 0.4) is 0 Å². The normalized spacial score (nSPS) is 11.7. The lowest BCUT2D eigenvalue weighted by Crippen LogP contribution is -2.44. The van der Waals surface area contributed by atoms with Gasteiger partial charge in [-0.3, -0.25) is 9.59 Å². The number of rotatable bonds is 5. The van der Waals surface area contributed by atoms with Crippen LogP contribution in [0.25, 0.3) is 0 Å². The van der Waals surface area contributed by atoms with Crippen LogP contribution in [0.5, 0.6) is 5.75 Å². The summed E-state index contributed by atoms with van der Waals surface area (Å²) in [5.41, 5.74) is 1.05. The largest absolute Gasteiger partial charge is 0.495 e. The maximum absolute atomic E-state index is 12.5. The van der Waals surface area contributed by atoms with Crippen LogP contribution < -0.4 is 14.6 Å². The van der Waals surface area contributed by atoms with Crippen molar-refractivity contribution < 1.29 is 18.9 Å². The Kier molecular flexibility index (Phi) is 5.34. The number of ketones is 1. The van der Waals surface area contributed by atoms with Gasteiger partial charge in [0.15, 0.2) is 18.2 Å². The fourth-order valence-corrected chi connectivity index (χ4v) is 2.26. The number of amides is 1. The molecule has 0 saturated carbocycles. The lowest BCUT2D eigenvalue weighted by Gasteiger charge is -2.12. The molecule has 1 atom stereocenters. The van der Waals surface area contributed by atoms with Gasteiger partial charge in [-0.15, -0.1) is 0 Å². The highest BCUT2D eigenvalue weighted by Gasteiger charge is 2.23. The first-order valence-electron chi connectivity index (χ1n) is 7.08. The van der Waals surface area contributed by atoms with Crippen molar-refractivity contribution in [3.05, 3.63) is 53.3 Å². The number of Topliss-reactive ketones (excluding diaryl/α,β-unsaturated/α-hetero) is 1. The van der Waals surface area contributed by atoms with E-state index in [1.54, 1.807) is 54.2 Å². The molecule has 120 valence electrons. The van der Waals surface area contributed by atoms with Crippen molar-refractivity contribution in [1.82, 2.24) is 0 Å². The maximum Gasteiger partial charge on any atom is 0.293 e. The molecule has 1 aromatic carbocycles. The second-order valence-corrected chi connectivity index (χ2v) is 5.54. The minimum atomic E-state index is -0.502. The van der Waals surface area contributed by atoms with E-state index in [0.29, 0.717) is 22.0 Å². The Morgan fingerprint density at radius 3 is 2.70 bits per heavy atom. The van der Waals surface area contributed by atoms with E-state index in [1.165, 1.54) is 14.0 Å². The van der Waals surface area contributed by atoms with Gasteiger partial charge in [0.05, 0.1) is 18.4 Å². The predicted octanol–water partition coefficient (Wildman–Crippen LogP) is 3.04. The molecule has 0 radical (unpaired) electrons. The number of halogens is 1. The third kappa shape index (κ3) is 4.07. The highest BCUT2D eigenvalue weighted by atomic mass is 35.5. The zero-order chi connectivity index (χ0) is 17.0. The molecular weight excluding hydrogens is 316 g/mol. The Morgan fingerprint density at radius 1 is 1.30 bits per heavy atom. The third-order valence-corrected chi connectivity index (χ3v) is 3.71. The molecule has 23 heavy (non-hydrogen) atoms. The van der Waals surface area contributed by atoms with Crippen LogP contribution in [0.1, 0.15) is 30.2 Å². The molecule has 0 aliphatic carbocycles. The number of aromatic nitrogens is 1. The summed E-state index contributed by atoms with van der Waals surface area (Å²) in [7, 11) is 1.52.